The van der Waals surface area contributed by atoms with Crippen molar-refractivity contribution in [2.45, 2.75) is 31.7 Å². The Bertz CT molecular complexity index is 948. The Kier molecular flexibility index (Phi) is 4.92. The maximum absolute atomic E-state index is 12.4. The van der Waals surface area contributed by atoms with E-state index in [0.717, 1.165) is 29.8 Å². The van der Waals surface area contributed by atoms with Gasteiger partial charge >= 0.3 is 0 Å². The van der Waals surface area contributed by atoms with E-state index in [1.54, 1.807) is 7.11 Å². The van der Waals surface area contributed by atoms with Crippen LogP contribution in [-0.4, -0.2) is 18.2 Å². The van der Waals surface area contributed by atoms with E-state index < -0.39 is 0 Å². The summed E-state index contributed by atoms with van der Waals surface area (Å²) >= 11 is 0. The van der Waals surface area contributed by atoms with Crippen molar-refractivity contribution < 1.29 is 14.1 Å². The highest BCUT2D eigenvalue weighted by Crippen LogP contribution is 2.35. The summed E-state index contributed by atoms with van der Waals surface area (Å²) in [5.41, 5.74) is 4.32. The highest BCUT2D eigenvalue weighted by Gasteiger charge is 2.24. The summed E-state index contributed by atoms with van der Waals surface area (Å²) in [6.07, 6.45) is 2.60. The summed E-state index contributed by atoms with van der Waals surface area (Å²) in [6.45, 7) is 0.337. The van der Waals surface area contributed by atoms with E-state index in [1.165, 1.54) is 11.1 Å². The molecule has 0 bridgehead atoms. The van der Waals surface area contributed by atoms with Gasteiger partial charge in [0.05, 0.1) is 13.7 Å². The van der Waals surface area contributed by atoms with Crippen molar-refractivity contribution in [3.05, 3.63) is 71.5 Å². The summed E-state index contributed by atoms with van der Waals surface area (Å²) in [7, 11) is 1.63. The molecule has 0 saturated heterocycles. The molecule has 0 fully saturated rings. The first-order valence-corrected chi connectivity index (χ1v) is 9.17. The highest BCUT2D eigenvalue weighted by molar-refractivity contribution is 5.77. The molecule has 1 aliphatic rings. The molecule has 27 heavy (non-hydrogen) atoms. The zero-order chi connectivity index (χ0) is 18.6. The first kappa shape index (κ1) is 17.3. The average molecular weight is 362 g/mol. The number of carbonyl (C=O) groups excluding carboxylic acids is 1. The molecule has 1 aliphatic carbocycles. The molecule has 0 aliphatic heterocycles. The lowest BCUT2D eigenvalue weighted by atomic mass is 9.97. The lowest BCUT2D eigenvalue weighted by Gasteiger charge is -2.11. The molecular weight excluding hydrogens is 340 g/mol. The van der Waals surface area contributed by atoms with Gasteiger partial charge in [0, 0.05) is 18.1 Å². The van der Waals surface area contributed by atoms with Gasteiger partial charge in [-0.2, -0.15) is 0 Å². The van der Waals surface area contributed by atoms with Gasteiger partial charge in [0.1, 0.15) is 11.4 Å². The van der Waals surface area contributed by atoms with E-state index in [2.05, 4.69) is 28.7 Å². The molecule has 4 rings (SSSR count). The molecule has 0 radical (unpaired) electrons. The van der Waals surface area contributed by atoms with Crippen LogP contribution in [0.3, 0.4) is 0 Å². The zero-order valence-corrected chi connectivity index (χ0v) is 15.3. The maximum atomic E-state index is 12.4. The Balaban J connectivity index is 1.34. The standard InChI is InChI=1S/C22H22N2O3/c1-26-18-7-4-6-17(11-18)21-13-19(27-24-21)14-23-22(25)12-16-10-9-15-5-2-3-8-20(15)16/h2-8,11,13,16H,9-10,12,14H2,1H3,(H,23,25)/t16-/m1/s1. The molecule has 1 atom stereocenters. The number of hydrogen-bond donors (Lipinski definition) is 1. The molecule has 1 heterocycles. The van der Waals surface area contributed by atoms with E-state index >= 15 is 0 Å². The molecule has 2 aromatic carbocycles. The fourth-order valence-corrected chi connectivity index (χ4v) is 3.65. The molecule has 1 amide bonds. The fourth-order valence-electron chi connectivity index (χ4n) is 3.65. The van der Waals surface area contributed by atoms with Gasteiger partial charge in [0.2, 0.25) is 5.91 Å². The van der Waals surface area contributed by atoms with E-state index in [1.807, 2.05) is 36.4 Å². The molecule has 1 N–H and O–H groups in total. The topological polar surface area (TPSA) is 64.4 Å². The van der Waals surface area contributed by atoms with E-state index in [4.69, 9.17) is 9.26 Å². The van der Waals surface area contributed by atoms with Gasteiger partial charge in [-0.25, -0.2) is 0 Å². The first-order valence-electron chi connectivity index (χ1n) is 9.17. The van der Waals surface area contributed by atoms with Crippen molar-refractivity contribution in [2.75, 3.05) is 7.11 Å². The van der Waals surface area contributed by atoms with Crippen LogP contribution in [-0.2, 0) is 17.8 Å². The van der Waals surface area contributed by atoms with Gasteiger partial charge in [-0.05, 0) is 42.0 Å². The second kappa shape index (κ2) is 7.66. The summed E-state index contributed by atoms with van der Waals surface area (Å²) in [6, 6.07) is 17.9. The summed E-state index contributed by atoms with van der Waals surface area (Å²) < 4.78 is 10.6. The van der Waals surface area contributed by atoms with Crippen LogP contribution >= 0.6 is 0 Å². The SMILES string of the molecule is COc1cccc(-c2cc(CNC(=O)C[C@H]3CCc4ccccc43)on2)c1. The predicted molar refractivity (Wildman–Crippen MR) is 102 cm³/mol. The monoisotopic (exact) mass is 362 g/mol. The van der Waals surface area contributed by atoms with Gasteiger partial charge < -0.3 is 14.6 Å². The smallest absolute Gasteiger partial charge is 0.220 e. The molecule has 1 aromatic heterocycles. The lowest BCUT2D eigenvalue weighted by Crippen LogP contribution is -2.24. The molecule has 3 aromatic rings. The number of nitrogens with one attached hydrogen (secondary N) is 1. The summed E-state index contributed by atoms with van der Waals surface area (Å²) in [5.74, 6) is 1.74. The largest absolute Gasteiger partial charge is 0.497 e. The van der Waals surface area contributed by atoms with Gasteiger partial charge in [-0.3, -0.25) is 4.79 Å². The van der Waals surface area contributed by atoms with Crippen molar-refractivity contribution in [3.63, 3.8) is 0 Å². The summed E-state index contributed by atoms with van der Waals surface area (Å²) in [5, 5.41) is 7.04. The number of amides is 1. The quantitative estimate of drug-likeness (QED) is 0.717. The summed E-state index contributed by atoms with van der Waals surface area (Å²) in [4.78, 5) is 12.4. The number of rotatable bonds is 6. The number of carbonyl (C=O) groups is 1. The molecule has 0 unspecified atom stereocenters. The Morgan fingerprint density at radius 1 is 1.22 bits per heavy atom. The lowest BCUT2D eigenvalue weighted by molar-refractivity contribution is -0.121. The Hall–Kier alpha value is -3.08. The first-order chi connectivity index (χ1) is 13.2. The molecular formula is C22H22N2O3. The molecule has 0 saturated carbocycles. The average Bonchev–Trinajstić information content (AvgIpc) is 3.34. The molecule has 138 valence electrons. The van der Waals surface area contributed by atoms with Crippen LogP contribution in [0.4, 0.5) is 0 Å². The number of hydrogen-bond acceptors (Lipinski definition) is 4. The van der Waals surface area contributed by atoms with Crippen LogP contribution in [0.1, 0.15) is 35.6 Å². The predicted octanol–water partition coefficient (Wildman–Crippen LogP) is 4.09. The van der Waals surface area contributed by atoms with Crippen molar-refractivity contribution in [3.8, 4) is 17.0 Å². The van der Waals surface area contributed by atoms with E-state index in [0.29, 0.717) is 24.6 Å². The Morgan fingerprint density at radius 2 is 2.11 bits per heavy atom. The number of ether oxygens (including phenoxy) is 1. The van der Waals surface area contributed by atoms with E-state index in [-0.39, 0.29) is 5.91 Å². The number of aromatic nitrogens is 1. The van der Waals surface area contributed by atoms with Crippen LogP contribution in [0, 0.1) is 0 Å². The Labute approximate surface area is 158 Å². The third-order valence-electron chi connectivity index (χ3n) is 5.07. The molecule has 5 heteroatoms. The van der Waals surface area contributed by atoms with Crippen LogP contribution in [0.2, 0.25) is 0 Å². The van der Waals surface area contributed by atoms with Gasteiger partial charge in [-0.1, -0.05) is 41.6 Å². The van der Waals surface area contributed by atoms with Gasteiger partial charge in [0.25, 0.3) is 0 Å². The minimum Gasteiger partial charge on any atom is -0.497 e. The van der Waals surface area contributed by atoms with Crippen LogP contribution in [0.25, 0.3) is 11.3 Å². The minimum absolute atomic E-state index is 0.0380. The van der Waals surface area contributed by atoms with E-state index in [9.17, 15) is 4.79 Å². The molecule has 5 nitrogen and oxygen atoms in total. The van der Waals surface area contributed by atoms with Crippen LogP contribution in [0.5, 0.6) is 5.75 Å². The van der Waals surface area contributed by atoms with Crippen molar-refractivity contribution in [1.82, 2.24) is 10.5 Å². The van der Waals surface area contributed by atoms with Crippen molar-refractivity contribution >= 4 is 5.91 Å². The van der Waals surface area contributed by atoms with Crippen molar-refractivity contribution in [1.29, 1.82) is 0 Å². The zero-order valence-electron chi connectivity index (χ0n) is 15.3. The van der Waals surface area contributed by atoms with Gasteiger partial charge in [0.15, 0.2) is 5.76 Å². The fraction of sp³-hybridized carbons (Fsp3) is 0.273. The number of benzene rings is 2. The number of methoxy groups -OCH3 is 1. The second-order valence-electron chi connectivity index (χ2n) is 6.83. The third-order valence-corrected chi connectivity index (χ3v) is 5.07. The van der Waals surface area contributed by atoms with Crippen LogP contribution in [0.15, 0.2) is 59.1 Å². The normalized spacial score (nSPS) is 15.4. The number of nitrogens with zero attached hydrogens (tertiary/aromatic N) is 1. The third kappa shape index (κ3) is 3.87. The van der Waals surface area contributed by atoms with Crippen LogP contribution < -0.4 is 10.1 Å². The maximum Gasteiger partial charge on any atom is 0.220 e. The highest BCUT2D eigenvalue weighted by atomic mass is 16.5. The Morgan fingerprint density at radius 3 is 3.00 bits per heavy atom. The number of fused-ring (bicyclic) bond motifs is 1. The minimum atomic E-state index is 0.0380. The second-order valence-corrected chi connectivity index (χ2v) is 6.83. The van der Waals surface area contributed by atoms with Gasteiger partial charge in [-0.15, -0.1) is 0 Å². The molecule has 0 spiro atoms. The van der Waals surface area contributed by atoms with Crippen molar-refractivity contribution in [2.24, 2.45) is 0 Å². The number of aryl methyl sites for hydroxylation is 1.